The first-order valence-corrected chi connectivity index (χ1v) is 9.76. The smallest absolute Gasteiger partial charge is 0.281 e. The molecule has 3 atom stereocenters. The van der Waals surface area contributed by atoms with Gasteiger partial charge < -0.3 is 9.47 Å². The Morgan fingerprint density at radius 3 is 2.63 bits per heavy atom. The molecule has 4 rings (SSSR count). The van der Waals surface area contributed by atoms with Gasteiger partial charge in [0.15, 0.2) is 0 Å². The van der Waals surface area contributed by atoms with Crippen molar-refractivity contribution in [3.8, 4) is 6.07 Å². The molecule has 2 aliphatic rings. The topological polar surface area (TPSA) is 42.2 Å². The van der Waals surface area contributed by atoms with E-state index in [-0.39, 0.29) is 24.3 Å². The lowest BCUT2D eigenvalue weighted by Crippen LogP contribution is -2.25. The number of rotatable bonds is 4. The Morgan fingerprint density at radius 2 is 1.93 bits per heavy atom. The summed E-state index contributed by atoms with van der Waals surface area (Å²) in [4.78, 5) is 0. The molecule has 0 radical (unpaired) electrons. The van der Waals surface area contributed by atoms with Crippen LogP contribution in [0.1, 0.15) is 70.0 Å². The molecule has 2 aliphatic carbocycles. The van der Waals surface area contributed by atoms with Gasteiger partial charge in [-0.05, 0) is 65.3 Å². The number of hydrogen-bond donors (Lipinski definition) is 0. The van der Waals surface area contributed by atoms with Gasteiger partial charge in [0, 0.05) is 19.4 Å². The first-order chi connectivity index (χ1) is 14.3. The Bertz CT molecular complexity index is 1030. The second-order valence-corrected chi connectivity index (χ2v) is 7.92. The van der Waals surface area contributed by atoms with Crippen LogP contribution in [0.25, 0.3) is 0 Å². The lowest BCUT2D eigenvalue weighted by Gasteiger charge is -2.31. The monoisotopic (exact) mass is 419 g/mol. The number of methoxy groups -OCH3 is 1. The van der Waals surface area contributed by atoms with Crippen LogP contribution < -0.4 is 0 Å². The zero-order valence-corrected chi connectivity index (χ0v) is 16.6. The zero-order chi connectivity index (χ0) is 21.6. The minimum atomic E-state index is -3.12. The van der Waals surface area contributed by atoms with Crippen LogP contribution in [0, 0.1) is 24.1 Å². The van der Waals surface area contributed by atoms with Gasteiger partial charge in [0.25, 0.3) is 5.92 Å². The highest BCUT2D eigenvalue weighted by molar-refractivity contribution is 5.56. The molecule has 0 saturated heterocycles. The molecule has 0 unspecified atom stereocenters. The predicted octanol–water partition coefficient (Wildman–Crippen LogP) is 5.80. The second-order valence-electron chi connectivity index (χ2n) is 7.92. The summed E-state index contributed by atoms with van der Waals surface area (Å²) in [6, 6.07) is 7.65. The first kappa shape index (κ1) is 20.8. The highest BCUT2D eigenvalue weighted by atomic mass is 19.3. The summed E-state index contributed by atoms with van der Waals surface area (Å²) < 4.78 is 68.4. The van der Waals surface area contributed by atoms with Crippen LogP contribution in [0.2, 0.25) is 0 Å². The fraction of sp³-hybridized carbons (Fsp3) is 0.435. The van der Waals surface area contributed by atoms with Crippen molar-refractivity contribution in [1.29, 1.82) is 5.26 Å². The highest BCUT2D eigenvalue weighted by Gasteiger charge is 2.51. The third-order valence-electron chi connectivity index (χ3n) is 6.09. The van der Waals surface area contributed by atoms with Crippen molar-refractivity contribution in [3.05, 3.63) is 69.0 Å². The van der Waals surface area contributed by atoms with E-state index in [1.54, 1.807) is 19.1 Å². The van der Waals surface area contributed by atoms with Crippen LogP contribution in [-0.2, 0) is 15.9 Å². The standard InChI is InChI=1S/C23H21F4NO2/c1-12-3-4-15(18-9-23(26,27)22(20(12)18)30-11-29-2)16-5-6-19(25)17-8-14(24)7-13(10-28)21(16)17/h3-4,7-8,16,19,22H,5-6,9,11H2,1-2H3/t16-,19+,22+/m1/s1. The van der Waals surface area contributed by atoms with Gasteiger partial charge in [0.1, 0.15) is 24.9 Å². The molecule has 2 aromatic carbocycles. The van der Waals surface area contributed by atoms with Gasteiger partial charge in [-0.1, -0.05) is 12.1 Å². The lowest BCUT2D eigenvalue weighted by molar-refractivity contribution is -0.169. The molecular weight excluding hydrogens is 398 g/mol. The molecule has 2 aromatic rings. The maximum atomic E-state index is 14.9. The van der Waals surface area contributed by atoms with E-state index in [1.807, 2.05) is 6.07 Å². The van der Waals surface area contributed by atoms with Crippen LogP contribution in [-0.4, -0.2) is 19.8 Å². The number of aryl methyl sites for hydroxylation is 1. The maximum Gasteiger partial charge on any atom is 0.281 e. The average Bonchev–Trinajstić information content (AvgIpc) is 2.98. The molecule has 0 saturated carbocycles. The van der Waals surface area contributed by atoms with E-state index in [0.29, 0.717) is 34.2 Å². The van der Waals surface area contributed by atoms with Gasteiger partial charge in [-0.3, -0.25) is 0 Å². The van der Waals surface area contributed by atoms with E-state index in [1.165, 1.54) is 7.11 Å². The van der Waals surface area contributed by atoms with Gasteiger partial charge >= 0.3 is 0 Å². The molecule has 0 spiro atoms. The molecule has 0 amide bonds. The Labute approximate surface area is 172 Å². The van der Waals surface area contributed by atoms with Crippen molar-refractivity contribution in [1.82, 2.24) is 0 Å². The summed E-state index contributed by atoms with van der Waals surface area (Å²) in [5.41, 5.74) is 2.74. The number of hydrogen-bond acceptors (Lipinski definition) is 3. The van der Waals surface area contributed by atoms with Crippen molar-refractivity contribution in [2.45, 2.75) is 50.3 Å². The minimum absolute atomic E-state index is 0.0450. The third-order valence-corrected chi connectivity index (χ3v) is 6.09. The molecule has 0 aliphatic heterocycles. The van der Waals surface area contributed by atoms with E-state index in [2.05, 4.69) is 0 Å². The van der Waals surface area contributed by atoms with Crippen LogP contribution >= 0.6 is 0 Å². The molecule has 0 heterocycles. The van der Waals surface area contributed by atoms with Gasteiger partial charge in [-0.15, -0.1) is 0 Å². The lowest BCUT2D eigenvalue weighted by atomic mass is 9.74. The number of nitriles is 1. The Hall–Kier alpha value is -2.43. The molecule has 0 N–H and O–H groups in total. The van der Waals surface area contributed by atoms with Gasteiger partial charge in [0.2, 0.25) is 0 Å². The number of halogens is 4. The molecule has 0 aromatic heterocycles. The first-order valence-electron chi connectivity index (χ1n) is 9.76. The summed E-state index contributed by atoms with van der Waals surface area (Å²) in [5.74, 6) is -4.27. The maximum absolute atomic E-state index is 14.9. The number of benzene rings is 2. The molecule has 7 heteroatoms. The van der Waals surface area contributed by atoms with Crippen LogP contribution in [0.15, 0.2) is 24.3 Å². The number of fused-ring (bicyclic) bond motifs is 2. The van der Waals surface area contributed by atoms with Gasteiger partial charge in [-0.25, -0.2) is 17.6 Å². The molecule has 158 valence electrons. The van der Waals surface area contributed by atoms with Gasteiger partial charge in [0.05, 0.1) is 11.6 Å². The summed E-state index contributed by atoms with van der Waals surface area (Å²) in [6.07, 6.45) is -2.86. The highest BCUT2D eigenvalue weighted by Crippen LogP contribution is 2.52. The molecule has 0 fully saturated rings. The third kappa shape index (κ3) is 3.28. The Balaban J connectivity index is 1.89. The predicted molar refractivity (Wildman–Crippen MR) is 102 cm³/mol. The summed E-state index contributed by atoms with van der Waals surface area (Å²) in [7, 11) is 1.37. The fourth-order valence-electron chi connectivity index (χ4n) is 4.87. The minimum Gasteiger partial charge on any atom is -0.359 e. The van der Waals surface area contributed by atoms with Crippen molar-refractivity contribution in [2.75, 3.05) is 13.9 Å². The van der Waals surface area contributed by atoms with E-state index in [0.717, 1.165) is 12.1 Å². The molecule has 0 bridgehead atoms. The van der Waals surface area contributed by atoms with Crippen LogP contribution in [0.3, 0.4) is 0 Å². The largest absolute Gasteiger partial charge is 0.359 e. The van der Waals surface area contributed by atoms with E-state index in [4.69, 9.17) is 9.47 Å². The average molecular weight is 419 g/mol. The van der Waals surface area contributed by atoms with E-state index >= 15 is 0 Å². The summed E-state index contributed by atoms with van der Waals surface area (Å²) in [5, 5.41) is 9.54. The number of nitrogens with zero attached hydrogens (tertiary/aromatic N) is 1. The van der Waals surface area contributed by atoms with Crippen molar-refractivity contribution >= 4 is 0 Å². The van der Waals surface area contributed by atoms with E-state index < -0.39 is 36.4 Å². The van der Waals surface area contributed by atoms with Crippen molar-refractivity contribution in [3.63, 3.8) is 0 Å². The number of ether oxygens (including phenoxy) is 2. The van der Waals surface area contributed by atoms with Crippen molar-refractivity contribution in [2.24, 2.45) is 0 Å². The number of alkyl halides is 3. The zero-order valence-electron chi connectivity index (χ0n) is 16.6. The summed E-state index contributed by atoms with van der Waals surface area (Å²) >= 11 is 0. The van der Waals surface area contributed by atoms with Crippen LogP contribution in [0.4, 0.5) is 17.6 Å². The summed E-state index contributed by atoms with van der Waals surface area (Å²) in [6.45, 7) is 1.48. The van der Waals surface area contributed by atoms with Crippen molar-refractivity contribution < 1.29 is 27.0 Å². The SMILES string of the molecule is COCO[C@H]1c2c(C)ccc([C@H]3CC[C@H](F)c4cc(F)cc(C#N)c43)c2CC1(F)F. The quantitative estimate of drug-likeness (QED) is 0.465. The van der Waals surface area contributed by atoms with E-state index in [9.17, 15) is 22.8 Å². The van der Waals surface area contributed by atoms with Gasteiger partial charge in [-0.2, -0.15) is 5.26 Å². The molecular formula is C23H21F4NO2. The normalized spacial score (nSPS) is 24.2. The molecule has 30 heavy (non-hydrogen) atoms. The second kappa shape index (κ2) is 7.68. The molecule has 3 nitrogen and oxygen atoms in total. The Morgan fingerprint density at radius 1 is 1.17 bits per heavy atom. The Kier molecular flexibility index (Phi) is 5.33. The fourth-order valence-corrected chi connectivity index (χ4v) is 4.87. The van der Waals surface area contributed by atoms with Crippen LogP contribution in [0.5, 0.6) is 0 Å².